The Balaban J connectivity index is 1.87. The predicted molar refractivity (Wildman–Crippen MR) is 66.0 cm³/mol. The molecule has 1 aromatic carbocycles. The normalized spacial score (nSPS) is 19.6. The second-order valence-electron chi connectivity index (χ2n) is 4.48. The average Bonchev–Trinajstić information content (AvgIpc) is 2.89. The molecule has 100 valence electrons. The molecule has 19 heavy (non-hydrogen) atoms. The van der Waals surface area contributed by atoms with E-state index in [1.165, 1.54) is 12.1 Å². The summed E-state index contributed by atoms with van der Waals surface area (Å²) in [6.45, 7) is 3.92. The van der Waals surface area contributed by atoms with E-state index < -0.39 is 0 Å². The van der Waals surface area contributed by atoms with Crippen LogP contribution in [0, 0.1) is 12.7 Å². The fourth-order valence-corrected chi connectivity index (χ4v) is 2.08. The molecule has 1 atom stereocenters. The van der Waals surface area contributed by atoms with Gasteiger partial charge in [-0.2, -0.15) is 4.98 Å². The van der Waals surface area contributed by atoms with Gasteiger partial charge in [-0.1, -0.05) is 5.16 Å². The molecular formula is C13H14FN3O2. The molecule has 1 aromatic heterocycles. The number of benzene rings is 1. The topological polar surface area (TPSA) is 60.2 Å². The number of aryl methyl sites for hydroxylation is 1. The van der Waals surface area contributed by atoms with Gasteiger partial charge in [-0.15, -0.1) is 0 Å². The molecule has 6 heteroatoms. The van der Waals surface area contributed by atoms with Gasteiger partial charge in [0.1, 0.15) is 11.9 Å². The molecule has 0 spiro atoms. The van der Waals surface area contributed by atoms with Crippen LogP contribution in [0.1, 0.15) is 17.6 Å². The lowest BCUT2D eigenvalue weighted by Crippen LogP contribution is -2.33. The van der Waals surface area contributed by atoms with Gasteiger partial charge in [0, 0.05) is 18.7 Å². The molecule has 2 aromatic rings. The minimum absolute atomic E-state index is 0.212. The van der Waals surface area contributed by atoms with E-state index in [4.69, 9.17) is 9.26 Å². The number of nitrogens with zero attached hydrogens (tertiary/aromatic N) is 2. The van der Waals surface area contributed by atoms with Crippen LogP contribution >= 0.6 is 0 Å². The molecule has 1 saturated heterocycles. The summed E-state index contributed by atoms with van der Waals surface area (Å²) in [5.74, 6) is 0.636. The largest absolute Gasteiger partial charge is 0.366 e. The van der Waals surface area contributed by atoms with Gasteiger partial charge < -0.3 is 14.6 Å². The van der Waals surface area contributed by atoms with Gasteiger partial charge in [0.25, 0.3) is 5.89 Å². The van der Waals surface area contributed by atoms with Crippen molar-refractivity contribution in [2.45, 2.75) is 13.0 Å². The quantitative estimate of drug-likeness (QED) is 0.896. The highest BCUT2D eigenvalue weighted by Crippen LogP contribution is 2.24. The van der Waals surface area contributed by atoms with Gasteiger partial charge in [-0.3, -0.25) is 0 Å². The molecule has 0 saturated carbocycles. The number of halogens is 1. The van der Waals surface area contributed by atoms with Crippen LogP contribution in [-0.4, -0.2) is 29.8 Å². The molecule has 1 aliphatic rings. The van der Waals surface area contributed by atoms with Crippen molar-refractivity contribution in [2.75, 3.05) is 19.7 Å². The first-order valence-electron chi connectivity index (χ1n) is 6.16. The van der Waals surface area contributed by atoms with Crippen molar-refractivity contribution >= 4 is 0 Å². The Bertz CT molecular complexity index is 579. The minimum atomic E-state index is -0.273. The Morgan fingerprint density at radius 1 is 1.42 bits per heavy atom. The predicted octanol–water partition coefficient (Wildman–Crippen LogP) is 1.85. The summed E-state index contributed by atoms with van der Waals surface area (Å²) >= 11 is 0. The molecule has 2 heterocycles. The molecule has 0 aliphatic carbocycles. The van der Waals surface area contributed by atoms with Crippen molar-refractivity contribution in [3.05, 3.63) is 35.5 Å². The maximum Gasteiger partial charge on any atom is 0.257 e. The van der Waals surface area contributed by atoms with Crippen molar-refractivity contribution in [3.8, 4) is 11.4 Å². The van der Waals surface area contributed by atoms with Gasteiger partial charge in [0.05, 0.1) is 6.61 Å². The van der Waals surface area contributed by atoms with Crippen LogP contribution in [0.25, 0.3) is 11.4 Å². The molecule has 0 amide bonds. The highest BCUT2D eigenvalue weighted by molar-refractivity contribution is 5.59. The number of hydrogen-bond acceptors (Lipinski definition) is 5. The minimum Gasteiger partial charge on any atom is -0.366 e. The van der Waals surface area contributed by atoms with E-state index in [0.29, 0.717) is 24.9 Å². The number of rotatable bonds is 2. The lowest BCUT2D eigenvalue weighted by atomic mass is 10.1. The van der Waals surface area contributed by atoms with Crippen molar-refractivity contribution < 1.29 is 13.7 Å². The van der Waals surface area contributed by atoms with Crippen LogP contribution in [0.2, 0.25) is 0 Å². The number of nitrogens with one attached hydrogen (secondary N) is 1. The van der Waals surface area contributed by atoms with E-state index in [2.05, 4.69) is 15.5 Å². The van der Waals surface area contributed by atoms with Gasteiger partial charge in [-0.05, 0) is 30.7 Å². The van der Waals surface area contributed by atoms with Crippen molar-refractivity contribution in [3.63, 3.8) is 0 Å². The van der Waals surface area contributed by atoms with Crippen molar-refractivity contribution in [2.24, 2.45) is 0 Å². The molecule has 0 radical (unpaired) electrons. The number of aromatic nitrogens is 2. The van der Waals surface area contributed by atoms with Crippen LogP contribution in [0.5, 0.6) is 0 Å². The van der Waals surface area contributed by atoms with Gasteiger partial charge in [-0.25, -0.2) is 4.39 Å². The summed E-state index contributed by atoms with van der Waals surface area (Å²) in [7, 11) is 0. The zero-order chi connectivity index (χ0) is 13.2. The Hall–Kier alpha value is -1.79. The molecular weight excluding hydrogens is 249 g/mol. The molecule has 3 rings (SSSR count). The van der Waals surface area contributed by atoms with E-state index in [1.807, 2.05) is 6.92 Å². The lowest BCUT2D eigenvalue weighted by molar-refractivity contribution is 0.00755. The van der Waals surface area contributed by atoms with Crippen LogP contribution in [0.4, 0.5) is 4.39 Å². The number of hydrogen-bond donors (Lipinski definition) is 1. The zero-order valence-corrected chi connectivity index (χ0v) is 10.5. The first kappa shape index (κ1) is 12.3. The second-order valence-corrected chi connectivity index (χ2v) is 4.48. The first-order chi connectivity index (χ1) is 9.24. The molecule has 5 nitrogen and oxygen atoms in total. The molecule has 1 unspecified atom stereocenters. The third-order valence-electron chi connectivity index (χ3n) is 3.07. The Morgan fingerprint density at radius 2 is 2.32 bits per heavy atom. The average molecular weight is 263 g/mol. The van der Waals surface area contributed by atoms with Crippen LogP contribution in [0.3, 0.4) is 0 Å². The maximum atomic E-state index is 13.1. The summed E-state index contributed by atoms with van der Waals surface area (Å²) in [4.78, 5) is 4.33. The highest BCUT2D eigenvalue weighted by Gasteiger charge is 2.22. The van der Waals surface area contributed by atoms with E-state index in [-0.39, 0.29) is 11.9 Å². The monoisotopic (exact) mass is 263 g/mol. The summed E-state index contributed by atoms with van der Waals surface area (Å²) in [5.41, 5.74) is 1.54. The van der Waals surface area contributed by atoms with E-state index in [9.17, 15) is 4.39 Å². The Morgan fingerprint density at radius 3 is 3.05 bits per heavy atom. The Kier molecular flexibility index (Phi) is 3.27. The summed E-state index contributed by atoms with van der Waals surface area (Å²) in [6.07, 6.45) is -0.212. The standard InChI is InChI=1S/C13H14FN3O2/c1-8-6-9(14)2-3-10(8)12-16-13(19-17-12)11-7-15-4-5-18-11/h2-3,6,11,15H,4-5,7H2,1H3. The van der Waals surface area contributed by atoms with Crippen molar-refractivity contribution in [1.82, 2.24) is 15.5 Å². The van der Waals surface area contributed by atoms with Gasteiger partial charge in [0.2, 0.25) is 5.82 Å². The first-order valence-corrected chi connectivity index (χ1v) is 6.16. The zero-order valence-electron chi connectivity index (χ0n) is 10.5. The fraction of sp³-hybridized carbons (Fsp3) is 0.385. The second kappa shape index (κ2) is 5.07. The lowest BCUT2D eigenvalue weighted by Gasteiger charge is -2.19. The van der Waals surface area contributed by atoms with E-state index in [1.54, 1.807) is 6.07 Å². The van der Waals surface area contributed by atoms with Gasteiger partial charge >= 0.3 is 0 Å². The number of morpholine rings is 1. The van der Waals surface area contributed by atoms with E-state index in [0.717, 1.165) is 17.7 Å². The molecule has 1 fully saturated rings. The Labute approximate surface area is 109 Å². The molecule has 0 bridgehead atoms. The fourth-order valence-electron chi connectivity index (χ4n) is 2.08. The number of ether oxygens (including phenoxy) is 1. The van der Waals surface area contributed by atoms with Crippen molar-refractivity contribution in [1.29, 1.82) is 0 Å². The summed E-state index contributed by atoms with van der Waals surface area (Å²) in [6, 6.07) is 4.49. The van der Waals surface area contributed by atoms with Crippen LogP contribution < -0.4 is 5.32 Å². The van der Waals surface area contributed by atoms with Gasteiger partial charge in [0.15, 0.2) is 0 Å². The van der Waals surface area contributed by atoms with E-state index >= 15 is 0 Å². The summed E-state index contributed by atoms with van der Waals surface area (Å²) < 4.78 is 23.8. The highest BCUT2D eigenvalue weighted by atomic mass is 19.1. The summed E-state index contributed by atoms with van der Waals surface area (Å²) in [5, 5.41) is 7.13. The third kappa shape index (κ3) is 2.50. The third-order valence-corrected chi connectivity index (χ3v) is 3.07. The van der Waals surface area contributed by atoms with Crippen LogP contribution in [-0.2, 0) is 4.74 Å². The molecule has 1 N–H and O–H groups in total. The SMILES string of the molecule is Cc1cc(F)ccc1-c1noc(C2CNCCO2)n1. The van der Waals surface area contributed by atoms with Crippen LogP contribution in [0.15, 0.2) is 22.7 Å². The molecule has 1 aliphatic heterocycles. The smallest absolute Gasteiger partial charge is 0.257 e. The maximum absolute atomic E-state index is 13.1.